The third kappa shape index (κ3) is 1.73. The standard InChI is InChI=1S/C16H14F2N2O4/c1-7(21)24-8-5-20-13-9(14(8)22)12(19)10(17)11(18)15(13)23-6-16(20)3-2-4-16/h5H,2-4,6,19H2,1H3. The van der Waals surface area contributed by atoms with Gasteiger partial charge in [-0.1, -0.05) is 0 Å². The van der Waals surface area contributed by atoms with Crippen LogP contribution in [0.5, 0.6) is 11.5 Å². The number of anilines is 1. The lowest BCUT2D eigenvalue weighted by Crippen LogP contribution is -2.48. The van der Waals surface area contributed by atoms with Crippen LogP contribution in [-0.2, 0) is 10.3 Å². The second kappa shape index (κ2) is 4.68. The molecule has 126 valence electrons. The third-order valence-corrected chi connectivity index (χ3v) is 4.82. The van der Waals surface area contributed by atoms with E-state index in [9.17, 15) is 18.4 Å². The fraction of sp³-hybridized carbons (Fsp3) is 0.375. The van der Waals surface area contributed by atoms with Crippen molar-refractivity contribution in [2.45, 2.75) is 31.7 Å². The average Bonchev–Trinajstić information content (AvgIpc) is 2.49. The molecule has 1 aliphatic carbocycles. The first-order chi connectivity index (χ1) is 11.4. The molecule has 0 bridgehead atoms. The van der Waals surface area contributed by atoms with E-state index in [1.165, 1.54) is 6.20 Å². The number of fused-ring (bicyclic) bond motifs is 1. The summed E-state index contributed by atoms with van der Waals surface area (Å²) in [4.78, 5) is 23.9. The number of nitrogens with zero attached hydrogens (tertiary/aromatic N) is 1. The highest BCUT2D eigenvalue weighted by Crippen LogP contribution is 2.48. The number of aromatic nitrogens is 1. The summed E-state index contributed by atoms with van der Waals surface area (Å²) in [6, 6.07) is 0. The number of ether oxygens (including phenoxy) is 2. The number of esters is 1. The Bertz CT molecular complexity index is 963. The minimum Gasteiger partial charge on any atom is -0.486 e. The Labute approximate surface area is 134 Å². The van der Waals surface area contributed by atoms with Gasteiger partial charge in [-0.3, -0.25) is 9.59 Å². The molecule has 2 N–H and O–H groups in total. The van der Waals surface area contributed by atoms with Gasteiger partial charge < -0.3 is 19.8 Å². The quantitative estimate of drug-likeness (QED) is 0.637. The van der Waals surface area contributed by atoms with Crippen molar-refractivity contribution < 1.29 is 23.0 Å². The molecule has 0 amide bonds. The van der Waals surface area contributed by atoms with Crippen molar-refractivity contribution in [1.82, 2.24) is 4.57 Å². The zero-order valence-corrected chi connectivity index (χ0v) is 12.8. The molecule has 24 heavy (non-hydrogen) atoms. The zero-order chi connectivity index (χ0) is 17.2. The number of carbonyl (C=O) groups excluding carboxylic acids is 1. The molecule has 1 aromatic heterocycles. The molecule has 1 aromatic carbocycles. The van der Waals surface area contributed by atoms with E-state index in [1.807, 2.05) is 0 Å². The smallest absolute Gasteiger partial charge is 0.308 e. The Hall–Kier alpha value is -2.64. The van der Waals surface area contributed by atoms with Crippen LogP contribution in [0.4, 0.5) is 14.5 Å². The van der Waals surface area contributed by atoms with Crippen LogP contribution in [0, 0.1) is 11.6 Å². The van der Waals surface area contributed by atoms with E-state index in [0.717, 1.165) is 26.2 Å². The second-order valence-electron chi connectivity index (χ2n) is 6.25. The number of nitrogens with two attached hydrogens (primary N) is 1. The summed E-state index contributed by atoms with van der Waals surface area (Å²) < 4.78 is 40.4. The molecule has 1 saturated carbocycles. The zero-order valence-electron chi connectivity index (χ0n) is 12.8. The Morgan fingerprint density at radius 3 is 2.67 bits per heavy atom. The van der Waals surface area contributed by atoms with E-state index < -0.39 is 34.3 Å². The number of pyridine rings is 1. The first-order valence-corrected chi connectivity index (χ1v) is 7.53. The highest BCUT2D eigenvalue weighted by Gasteiger charge is 2.45. The lowest BCUT2D eigenvalue weighted by molar-refractivity contribution is -0.132. The van der Waals surface area contributed by atoms with Gasteiger partial charge in [-0.25, -0.2) is 4.39 Å². The number of rotatable bonds is 1. The second-order valence-corrected chi connectivity index (χ2v) is 6.25. The van der Waals surface area contributed by atoms with Crippen molar-refractivity contribution in [2.24, 2.45) is 0 Å². The number of nitrogen functional groups attached to an aromatic ring is 1. The largest absolute Gasteiger partial charge is 0.486 e. The fourth-order valence-electron chi connectivity index (χ4n) is 3.48. The Kier molecular flexibility index (Phi) is 2.91. The van der Waals surface area contributed by atoms with Gasteiger partial charge >= 0.3 is 5.97 Å². The number of hydrogen-bond acceptors (Lipinski definition) is 5. The van der Waals surface area contributed by atoms with Crippen LogP contribution < -0.4 is 20.6 Å². The van der Waals surface area contributed by atoms with Crippen molar-refractivity contribution in [3.63, 3.8) is 0 Å². The number of hydrogen-bond donors (Lipinski definition) is 1. The van der Waals surface area contributed by atoms with Gasteiger partial charge in [0.25, 0.3) is 0 Å². The normalized spacial score (nSPS) is 17.5. The van der Waals surface area contributed by atoms with Gasteiger partial charge in [-0.2, -0.15) is 4.39 Å². The monoisotopic (exact) mass is 336 g/mol. The average molecular weight is 336 g/mol. The predicted molar refractivity (Wildman–Crippen MR) is 81.2 cm³/mol. The summed E-state index contributed by atoms with van der Waals surface area (Å²) in [6.45, 7) is 1.31. The maximum Gasteiger partial charge on any atom is 0.308 e. The van der Waals surface area contributed by atoms with Gasteiger partial charge in [0.1, 0.15) is 12.1 Å². The number of benzene rings is 1. The van der Waals surface area contributed by atoms with Crippen LogP contribution in [0.1, 0.15) is 26.2 Å². The maximum absolute atomic E-state index is 14.2. The summed E-state index contributed by atoms with van der Waals surface area (Å²) in [5.74, 6) is -3.84. The van der Waals surface area contributed by atoms with E-state index in [0.29, 0.717) is 0 Å². The van der Waals surface area contributed by atoms with Crippen molar-refractivity contribution in [3.8, 4) is 11.5 Å². The van der Waals surface area contributed by atoms with Crippen LogP contribution in [0.25, 0.3) is 10.9 Å². The van der Waals surface area contributed by atoms with Crippen LogP contribution in [0.15, 0.2) is 11.0 Å². The van der Waals surface area contributed by atoms with E-state index in [1.54, 1.807) is 4.57 Å². The lowest BCUT2D eigenvalue weighted by atomic mass is 9.76. The SMILES string of the molecule is CC(=O)Oc1cn2c3c(c(F)c(F)c(N)c3c1=O)OCC21CCC1. The van der Waals surface area contributed by atoms with Crippen LogP contribution in [-0.4, -0.2) is 17.1 Å². The first-order valence-electron chi connectivity index (χ1n) is 7.53. The van der Waals surface area contributed by atoms with Gasteiger partial charge in [-0.05, 0) is 19.3 Å². The Balaban J connectivity index is 2.18. The van der Waals surface area contributed by atoms with Crippen molar-refractivity contribution in [2.75, 3.05) is 12.3 Å². The Morgan fingerprint density at radius 1 is 1.38 bits per heavy atom. The topological polar surface area (TPSA) is 83.5 Å². The number of carbonyl (C=O) groups is 1. The molecule has 2 aromatic rings. The van der Waals surface area contributed by atoms with E-state index in [2.05, 4.69) is 0 Å². The van der Waals surface area contributed by atoms with Gasteiger partial charge in [0, 0.05) is 6.92 Å². The fourth-order valence-corrected chi connectivity index (χ4v) is 3.48. The molecule has 2 heterocycles. The van der Waals surface area contributed by atoms with E-state index in [-0.39, 0.29) is 29.0 Å². The number of halogens is 2. The van der Waals surface area contributed by atoms with Crippen molar-refractivity contribution in [1.29, 1.82) is 0 Å². The summed E-state index contributed by atoms with van der Waals surface area (Å²) in [7, 11) is 0. The molecule has 0 atom stereocenters. The highest BCUT2D eigenvalue weighted by molar-refractivity contribution is 5.96. The molecule has 0 radical (unpaired) electrons. The molecule has 1 fully saturated rings. The molecule has 2 aliphatic rings. The summed E-state index contributed by atoms with van der Waals surface area (Å²) in [5.41, 5.74) is 3.92. The molecule has 6 nitrogen and oxygen atoms in total. The Morgan fingerprint density at radius 2 is 2.08 bits per heavy atom. The van der Waals surface area contributed by atoms with Crippen LogP contribution in [0.3, 0.4) is 0 Å². The molecule has 0 saturated heterocycles. The lowest BCUT2D eigenvalue weighted by Gasteiger charge is -2.47. The molecular weight excluding hydrogens is 322 g/mol. The van der Waals surface area contributed by atoms with Crippen molar-refractivity contribution in [3.05, 3.63) is 28.1 Å². The molecule has 0 unspecified atom stereocenters. The summed E-state index contributed by atoms with van der Waals surface area (Å²) >= 11 is 0. The maximum atomic E-state index is 14.2. The predicted octanol–water partition coefficient (Wildman–Crippen LogP) is 2.06. The van der Waals surface area contributed by atoms with Crippen LogP contribution in [0.2, 0.25) is 0 Å². The molecule has 8 heteroatoms. The third-order valence-electron chi connectivity index (χ3n) is 4.82. The minimum atomic E-state index is -1.34. The molecule has 1 aliphatic heterocycles. The van der Waals surface area contributed by atoms with Gasteiger partial charge in [0.05, 0.1) is 22.8 Å². The van der Waals surface area contributed by atoms with E-state index >= 15 is 0 Å². The summed E-state index contributed by atoms with van der Waals surface area (Å²) in [6.07, 6.45) is 3.81. The van der Waals surface area contributed by atoms with Gasteiger partial charge in [-0.15, -0.1) is 0 Å². The molecule has 1 spiro atoms. The molecular formula is C16H14F2N2O4. The summed E-state index contributed by atoms with van der Waals surface area (Å²) in [5, 5.41) is -0.228. The highest BCUT2D eigenvalue weighted by atomic mass is 19.2. The van der Waals surface area contributed by atoms with Gasteiger partial charge in [0.15, 0.2) is 17.3 Å². The van der Waals surface area contributed by atoms with Crippen LogP contribution >= 0.6 is 0 Å². The molecule has 4 rings (SSSR count). The van der Waals surface area contributed by atoms with E-state index in [4.69, 9.17) is 15.2 Å². The first kappa shape index (κ1) is 14.9. The van der Waals surface area contributed by atoms with Crippen molar-refractivity contribution >= 4 is 22.6 Å². The minimum absolute atomic E-state index is 0.109. The van der Waals surface area contributed by atoms with Gasteiger partial charge in [0.2, 0.25) is 11.2 Å².